The van der Waals surface area contributed by atoms with Gasteiger partial charge in [0.1, 0.15) is 11.4 Å². The van der Waals surface area contributed by atoms with Crippen molar-refractivity contribution in [2.24, 2.45) is 5.73 Å². The van der Waals surface area contributed by atoms with E-state index in [0.29, 0.717) is 16.8 Å². The number of methoxy groups -OCH3 is 1. The van der Waals surface area contributed by atoms with Crippen molar-refractivity contribution in [1.82, 2.24) is 4.98 Å². The molecule has 0 atom stereocenters. The van der Waals surface area contributed by atoms with Gasteiger partial charge in [-0.1, -0.05) is 18.2 Å². The van der Waals surface area contributed by atoms with E-state index in [9.17, 15) is 14.4 Å². The van der Waals surface area contributed by atoms with E-state index < -0.39 is 11.6 Å². The zero-order valence-corrected chi connectivity index (χ0v) is 13.1. The Morgan fingerprint density at radius 3 is 2.54 bits per heavy atom. The van der Waals surface area contributed by atoms with Gasteiger partial charge in [0.15, 0.2) is 11.5 Å². The molecule has 0 saturated carbocycles. The van der Waals surface area contributed by atoms with E-state index in [1.54, 1.807) is 30.3 Å². The average Bonchev–Trinajstić information content (AvgIpc) is 2.60. The molecule has 24 heavy (non-hydrogen) atoms. The number of Topliss-reactive ketones (excluding diaryl/α,β-unsaturated/α-hetero) is 3. The van der Waals surface area contributed by atoms with Crippen LogP contribution in [0.2, 0.25) is 0 Å². The Morgan fingerprint density at radius 2 is 1.88 bits per heavy atom. The number of carbonyl (C=O) groups is 3. The Hall–Kier alpha value is -3.28. The van der Waals surface area contributed by atoms with Crippen molar-refractivity contribution in [3.05, 3.63) is 64.7 Å². The maximum absolute atomic E-state index is 12.4. The molecule has 0 spiro atoms. The van der Waals surface area contributed by atoms with Gasteiger partial charge >= 0.3 is 0 Å². The van der Waals surface area contributed by atoms with Gasteiger partial charge in [0.25, 0.3) is 0 Å². The molecule has 6 heteroatoms. The first kappa shape index (κ1) is 15.6. The van der Waals surface area contributed by atoms with Crippen LogP contribution < -0.4 is 5.73 Å². The average molecular weight is 322 g/mol. The van der Waals surface area contributed by atoms with Crippen molar-refractivity contribution in [3.8, 4) is 11.3 Å². The predicted molar refractivity (Wildman–Crippen MR) is 86.6 cm³/mol. The Kier molecular flexibility index (Phi) is 3.73. The van der Waals surface area contributed by atoms with Crippen LogP contribution in [0.15, 0.2) is 47.9 Å². The molecule has 3 rings (SSSR count). The maximum atomic E-state index is 12.4. The fourth-order valence-electron chi connectivity index (χ4n) is 2.55. The highest BCUT2D eigenvalue weighted by Crippen LogP contribution is 2.27. The van der Waals surface area contributed by atoms with Crippen LogP contribution in [0.25, 0.3) is 11.3 Å². The van der Waals surface area contributed by atoms with Gasteiger partial charge in [-0.25, -0.2) is 4.98 Å². The monoisotopic (exact) mass is 322 g/mol. The van der Waals surface area contributed by atoms with E-state index in [0.717, 1.165) is 0 Å². The summed E-state index contributed by atoms with van der Waals surface area (Å²) in [5.41, 5.74) is 7.27. The number of ketones is 3. The zero-order chi connectivity index (χ0) is 17.4. The molecule has 1 aromatic carbocycles. The molecule has 1 aromatic heterocycles. The highest BCUT2D eigenvalue weighted by Gasteiger charge is 2.33. The van der Waals surface area contributed by atoms with Crippen molar-refractivity contribution in [3.63, 3.8) is 0 Å². The summed E-state index contributed by atoms with van der Waals surface area (Å²) >= 11 is 0. The van der Waals surface area contributed by atoms with Gasteiger partial charge in [-0.05, 0) is 25.1 Å². The molecule has 1 aliphatic carbocycles. The second-order valence-electron chi connectivity index (χ2n) is 5.33. The predicted octanol–water partition coefficient (Wildman–Crippen LogP) is 2.15. The van der Waals surface area contributed by atoms with Crippen LogP contribution >= 0.6 is 0 Å². The summed E-state index contributed by atoms with van der Waals surface area (Å²) in [6.45, 7) is 1.47. The van der Waals surface area contributed by atoms with E-state index in [-0.39, 0.29) is 28.5 Å². The van der Waals surface area contributed by atoms with Crippen LogP contribution in [0, 0.1) is 0 Å². The van der Waals surface area contributed by atoms with Gasteiger partial charge in [-0.2, -0.15) is 0 Å². The van der Waals surface area contributed by atoms with Crippen LogP contribution in [0.1, 0.15) is 38.1 Å². The minimum Gasteiger partial charge on any atom is -0.491 e. The first-order chi connectivity index (χ1) is 11.4. The van der Waals surface area contributed by atoms with Crippen molar-refractivity contribution in [2.45, 2.75) is 6.92 Å². The molecule has 2 aromatic rings. The first-order valence-corrected chi connectivity index (χ1v) is 7.19. The van der Waals surface area contributed by atoms with Crippen LogP contribution in [-0.4, -0.2) is 29.4 Å². The Balaban J connectivity index is 2.13. The van der Waals surface area contributed by atoms with Gasteiger partial charge in [-0.15, -0.1) is 0 Å². The summed E-state index contributed by atoms with van der Waals surface area (Å²) in [7, 11) is 1.29. The lowest BCUT2D eigenvalue weighted by Crippen LogP contribution is -2.28. The normalized spacial score (nSPS) is 13.8. The molecule has 120 valence electrons. The van der Waals surface area contributed by atoms with E-state index in [2.05, 4.69) is 4.98 Å². The number of nitrogens with zero attached hydrogens (tertiary/aromatic N) is 1. The molecule has 6 nitrogen and oxygen atoms in total. The SMILES string of the molecule is COC1=C(N)C(=O)c2nc(-c3cccc(C(C)=O)c3)ccc2C1=O. The summed E-state index contributed by atoms with van der Waals surface area (Å²) in [6.07, 6.45) is 0. The molecule has 0 fully saturated rings. The number of hydrogen-bond acceptors (Lipinski definition) is 6. The van der Waals surface area contributed by atoms with Gasteiger partial charge in [0, 0.05) is 11.1 Å². The van der Waals surface area contributed by atoms with Crippen molar-refractivity contribution in [2.75, 3.05) is 7.11 Å². The highest BCUT2D eigenvalue weighted by molar-refractivity contribution is 6.25. The smallest absolute Gasteiger partial charge is 0.232 e. The molecule has 2 N–H and O–H groups in total. The number of rotatable bonds is 3. The fraction of sp³-hybridized carbons (Fsp3) is 0.111. The van der Waals surface area contributed by atoms with Gasteiger partial charge in [0.05, 0.1) is 18.4 Å². The minimum absolute atomic E-state index is 0.0102. The molecule has 0 radical (unpaired) electrons. The number of ether oxygens (including phenoxy) is 1. The van der Waals surface area contributed by atoms with Crippen LogP contribution in [0.4, 0.5) is 0 Å². The third-order valence-electron chi connectivity index (χ3n) is 3.82. The lowest BCUT2D eigenvalue weighted by atomic mass is 9.94. The summed E-state index contributed by atoms with van der Waals surface area (Å²) in [5.74, 6) is -1.26. The molecule has 1 heterocycles. The lowest BCUT2D eigenvalue weighted by Gasteiger charge is -2.17. The number of nitrogens with two attached hydrogens (primary N) is 1. The summed E-state index contributed by atoms with van der Waals surface area (Å²) in [6, 6.07) is 10.0. The van der Waals surface area contributed by atoms with E-state index >= 15 is 0 Å². The van der Waals surface area contributed by atoms with Crippen molar-refractivity contribution in [1.29, 1.82) is 0 Å². The fourth-order valence-corrected chi connectivity index (χ4v) is 2.55. The summed E-state index contributed by atoms with van der Waals surface area (Å²) < 4.78 is 4.92. The molecular formula is C18H14N2O4. The standard InChI is InChI=1S/C18H14N2O4/c1-9(21)10-4-3-5-11(8-10)13-7-6-12-15(20-13)17(23)14(19)18(24-2)16(12)22/h3-8H,19H2,1-2H3. The van der Waals surface area contributed by atoms with Crippen molar-refractivity contribution < 1.29 is 19.1 Å². The van der Waals surface area contributed by atoms with E-state index in [4.69, 9.17) is 10.5 Å². The summed E-state index contributed by atoms with van der Waals surface area (Å²) in [5, 5.41) is 0. The van der Waals surface area contributed by atoms with Gasteiger partial charge in [0.2, 0.25) is 11.6 Å². The number of benzene rings is 1. The number of hydrogen-bond donors (Lipinski definition) is 1. The molecule has 0 amide bonds. The summed E-state index contributed by atoms with van der Waals surface area (Å²) in [4.78, 5) is 40.4. The molecule has 0 unspecified atom stereocenters. The van der Waals surface area contributed by atoms with Crippen LogP contribution in [0.5, 0.6) is 0 Å². The number of fused-ring (bicyclic) bond motifs is 1. The van der Waals surface area contributed by atoms with Gasteiger partial charge < -0.3 is 10.5 Å². The molecule has 0 bridgehead atoms. The second-order valence-corrected chi connectivity index (χ2v) is 5.33. The third kappa shape index (κ3) is 2.38. The molecule has 0 aliphatic heterocycles. The molecule has 0 saturated heterocycles. The van der Waals surface area contributed by atoms with Crippen LogP contribution in [-0.2, 0) is 4.74 Å². The number of pyridine rings is 1. The largest absolute Gasteiger partial charge is 0.491 e. The van der Waals surface area contributed by atoms with E-state index in [1.807, 2.05) is 0 Å². The molecule has 1 aliphatic rings. The first-order valence-electron chi connectivity index (χ1n) is 7.19. The van der Waals surface area contributed by atoms with Gasteiger partial charge in [-0.3, -0.25) is 14.4 Å². The van der Waals surface area contributed by atoms with Crippen molar-refractivity contribution >= 4 is 17.3 Å². The lowest BCUT2D eigenvalue weighted by molar-refractivity contribution is 0.0902. The number of aromatic nitrogens is 1. The maximum Gasteiger partial charge on any atom is 0.232 e. The molecular weight excluding hydrogens is 308 g/mol. The minimum atomic E-state index is -0.550. The van der Waals surface area contributed by atoms with Crippen LogP contribution in [0.3, 0.4) is 0 Å². The number of carbonyl (C=O) groups excluding carboxylic acids is 3. The second kappa shape index (κ2) is 5.73. The Bertz CT molecular complexity index is 928. The third-order valence-corrected chi connectivity index (χ3v) is 3.82. The topological polar surface area (TPSA) is 99.3 Å². The quantitative estimate of drug-likeness (QED) is 0.869. The Morgan fingerprint density at radius 1 is 1.12 bits per heavy atom. The van der Waals surface area contributed by atoms with E-state index in [1.165, 1.54) is 20.1 Å². The number of allylic oxidation sites excluding steroid dienone is 2. The Labute approximate surface area is 138 Å². The zero-order valence-electron chi connectivity index (χ0n) is 13.1. The highest BCUT2D eigenvalue weighted by atomic mass is 16.5.